The van der Waals surface area contributed by atoms with E-state index in [2.05, 4.69) is 9.88 Å². The van der Waals surface area contributed by atoms with E-state index in [1.165, 1.54) is 12.1 Å². The van der Waals surface area contributed by atoms with Crippen LogP contribution in [0.5, 0.6) is 0 Å². The second-order valence-electron chi connectivity index (χ2n) is 8.55. The number of nitrogens with one attached hydrogen (secondary N) is 1. The van der Waals surface area contributed by atoms with Crippen molar-refractivity contribution in [2.75, 3.05) is 19.6 Å². The van der Waals surface area contributed by atoms with E-state index in [9.17, 15) is 14.0 Å². The van der Waals surface area contributed by atoms with Gasteiger partial charge >= 0.3 is 6.03 Å². The molecule has 1 aliphatic heterocycles. The quantitative estimate of drug-likeness (QED) is 0.785. The van der Waals surface area contributed by atoms with E-state index >= 15 is 0 Å². The summed E-state index contributed by atoms with van der Waals surface area (Å²) in [5.41, 5.74) is 1.84. The number of carbonyl (C=O) groups excluding carboxylic acids is 2. The normalized spacial score (nSPS) is 16.0. The Balaban J connectivity index is 1.86. The Labute approximate surface area is 177 Å². The van der Waals surface area contributed by atoms with Gasteiger partial charge in [-0.25, -0.2) is 9.18 Å². The first-order valence-electron chi connectivity index (χ1n) is 10.5. The summed E-state index contributed by atoms with van der Waals surface area (Å²) in [6.45, 7) is 9.57. The summed E-state index contributed by atoms with van der Waals surface area (Å²) in [4.78, 5) is 29.4. The maximum absolute atomic E-state index is 13.5. The molecule has 3 rings (SSSR count). The molecule has 1 aromatic carbocycles. The topological polar surface area (TPSA) is 57.6 Å². The van der Waals surface area contributed by atoms with E-state index < -0.39 is 0 Å². The molecule has 1 aliphatic rings. The Hall–Kier alpha value is -2.83. The van der Waals surface area contributed by atoms with E-state index in [0.717, 1.165) is 11.3 Å². The Kier molecular flexibility index (Phi) is 6.80. The molecule has 2 aromatic rings. The Morgan fingerprint density at radius 3 is 2.47 bits per heavy atom. The Morgan fingerprint density at radius 2 is 1.83 bits per heavy atom. The van der Waals surface area contributed by atoms with Gasteiger partial charge in [0.2, 0.25) is 5.91 Å². The number of benzene rings is 1. The molecule has 0 saturated carbocycles. The van der Waals surface area contributed by atoms with Crippen molar-refractivity contribution in [3.63, 3.8) is 0 Å². The molecule has 7 heteroatoms. The zero-order valence-electron chi connectivity index (χ0n) is 18.1. The molecular weight excluding hydrogens is 383 g/mol. The van der Waals surface area contributed by atoms with E-state index in [1.54, 1.807) is 21.9 Å². The average Bonchev–Trinajstić information content (AvgIpc) is 3.15. The molecule has 6 nitrogen and oxygen atoms in total. The van der Waals surface area contributed by atoms with E-state index in [4.69, 9.17) is 0 Å². The van der Waals surface area contributed by atoms with Crippen molar-refractivity contribution in [2.24, 2.45) is 5.92 Å². The molecule has 1 N–H and O–H groups in total. The first-order chi connectivity index (χ1) is 14.3. The molecule has 1 aromatic heterocycles. The summed E-state index contributed by atoms with van der Waals surface area (Å²) < 4.78 is 15.6. The van der Waals surface area contributed by atoms with Gasteiger partial charge in [0, 0.05) is 37.6 Å². The lowest BCUT2D eigenvalue weighted by atomic mass is 9.99. The van der Waals surface area contributed by atoms with Gasteiger partial charge in [-0.3, -0.25) is 4.79 Å². The maximum atomic E-state index is 13.5. The number of hydrogen-bond donors (Lipinski definition) is 1. The van der Waals surface area contributed by atoms with E-state index in [-0.39, 0.29) is 42.3 Å². The maximum Gasteiger partial charge on any atom is 0.318 e. The van der Waals surface area contributed by atoms with Crippen LogP contribution in [-0.2, 0) is 11.3 Å². The van der Waals surface area contributed by atoms with Gasteiger partial charge in [-0.1, -0.05) is 26.0 Å². The molecule has 0 unspecified atom stereocenters. The van der Waals surface area contributed by atoms with Gasteiger partial charge in [-0.2, -0.15) is 0 Å². The summed E-state index contributed by atoms with van der Waals surface area (Å²) >= 11 is 0. The summed E-state index contributed by atoms with van der Waals surface area (Å²) in [6.07, 6.45) is 1.99. The van der Waals surface area contributed by atoms with Crippen LogP contribution >= 0.6 is 0 Å². The number of fused-ring (bicyclic) bond motifs is 1. The third kappa shape index (κ3) is 5.01. The van der Waals surface area contributed by atoms with Gasteiger partial charge in [0.15, 0.2) is 0 Å². The zero-order chi connectivity index (χ0) is 21.8. The highest BCUT2D eigenvalue weighted by molar-refractivity contribution is 5.85. The number of urea groups is 1. The number of aromatic nitrogens is 1. The SMILES string of the molecule is CC(C)CN(CC(=O)N1CCn2cccc2[C@H]1c1ccc(F)cc1)C(=O)NC(C)C. The molecule has 1 atom stereocenters. The standard InChI is InChI=1S/C23H31FN4O2/c1-16(2)14-27(23(30)25-17(3)4)15-21(29)28-13-12-26-11-5-6-20(26)22(28)18-7-9-19(24)10-8-18/h5-11,16-17,22H,12-15H2,1-4H3,(H,25,30)/t22-/m1/s1. The fourth-order valence-corrected chi connectivity index (χ4v) is 3.90. The largest absolute Gasteiger partial charge is 0.348 e. The molecular formula is C23H31FN4O2. The van der Waals surface area contributed by atoms with Gasteiger partial charge in [0.05, 0.1) is 6.04 Å². The summed E-state index contributed by atoms with van der Waals surface area (Å²) in [5.74, 6) is -0.185. The van der Waals surface area contributed by atoms with Crippen molar-refractivity contribution >= 4 is 11.9 Å². The van der Waals surface area contributed by atoms with Crippen molar-refractivity contribution < 1.29 is 14.0 Å². The van der Waals surface area contributed by atoms with Crippen molar-refractivity contribution in [3.8, 4) is 0 Å². The van der Waals surface area contributed by atoms with Crippen molar-refractivity contribution in [3.05, 3.63) is 59.7 Å². The second-order valence-corrected chi connectivity index (χ2v) is 8.55. The second kappa shape index (κ2) is 9.32. The van der Waals surface area contributed by atoms with Gasteiger partial charge in [0.25, 0.3) is 0 Å². The summed E-state index contributed by atoms with van der Waals surface area (Å²) in [6, 6.07) is 9.68. The van der Waals surface area contributed by atoms with Crippen LogP contribution in [0.1, 0.15) is 45.0 Å². The summed E-state index contributed by atoms with van der Waals surface area (Å²) in [5, 5.41) is 2.89. The molecule has 0 radical (unpaired) electrons. The number of hydrogen-bond acceptors (Lipinski definition) is 2. The monoisotopic (exact) mass is 414 g/mol. The third-order valence-electron chi connectivity index (χ3n) is 5.16. The van der Waals surface area contributed by atoms with E-state index in [0.29, 0.717) is 19.6 Å². The first-order valence-corrected chi connectivity index (χ1v) is 10.5. The molecule has 0 bridgehead atoms. The lowest BCUT2D eigenvalue weighted by molar-refractivity contribution is -0.134. The highest BCUT2D eigenvalue weighted by atomic mass is 19.1. The molecule has 30 heavy (non-hydrogen) atoms. The summed E-state index contributed by atoms with van der Waals surface area (Å²) in [7, 11) is 0. The fourth-order valence-electron chi connectivity index (χ4n) is 3.90. The number of carbonyl (C=O) groups is 2. The van der Waals surface area contributed by atoms with Crippen LogP contribution in [0, 0.1) is 11.7 Å². The van der Waals surface area contributed by atoms with Gasteiger partial charge in [0.1, 0.15) is 12.4 Å². The minimum atomic E-state index is -0.309. The van der Waals surface area contributed by atoms with Gasteiger partial charge in [-0.15, -0.1) is 0 Å². The first kappa shape index (κ1) is 21.9. The smallest absolute Gasteiger partial charge is 0.318 e. The zero-order valence-corrected chi connectivity index (χ0v) is 18.1. The van der Waals surface area contributed by atoms with Crippen LogP contribution in [0.4, 0.5) is 9.18 Å². The van der Waals surface area contributed by atoms with Crippen LogP contribution in [-0.4, -0.2) is 52.0 Å². The van der Waals surface area contributed by atoms with Gasteiger partial charge in [-0.05, 0) is 49.6 Å². The molecule has 0 fully saturated rings. The number of amides is 3. The average molecular weight is 415 g/mol. The van der Waals surface area contributed by atoms with Crippen LogP contribution in [0.25, 0.3) is 0 Å². The predicted octanol–water partition coefficient (Wildman–Crippen LogP) is 3.63. The van der Waals surface area contributed by atoms with Crippen LogP contribution in [0.3, 0.4) is 0 Å². The van der Waals surface area contributed by atoms with Gasteiger partial charge < -0.3 is 19.7 Å². The highest BCUT2D eigenvalue weighted by Gasteiger charge is 2.33. The molecule has 0 saturated heterocycles. The lowest BCUT2D eigenvalue weighted by Gasteiger charge is -2.38. The van der Waals surface area contributed by atoms with Crippen molar-refractivity contribution in [2.45, 2.75) is 46.3 Å². The van der Waals surface area contributed by atoms with Crippen LogP contribution < -0.4 is 5.32 Å². The molecule has 2 heterocycles. The van der Waals surface area contributed by atoms with Crippen LogP contribution in [0.15, 0.2) is 42.6 Å². The lowest BCUT2D eigenvalue weighted by Crippen LogP contribution is -2.51. The van der Waals surface area contributed by atoms with Crippen LogP contribution in [0.2, 0.25) is 0 Å². The number of halogens is 1. The minimum Gasteiger partial charge on any atom is -0.348 e. The number of nitrogens with zero attached hydrogens (tertiary/aromatic N) is 3. The Morgan fingerprint density at radius 1 is 1.13 bits per heavy atom. The van der Waals surface area contributed by atoms with Crippen molar-refractivity contribution in [1.82, 2.24) is 19.7 Å². The minimum absolute atomic E-state index is 0.00695. The third-order valence-corrected chi connectivity index (χ3v) is 5.16. The Bertz CT molecular complexity index is 876. The molecule has 0 spiro atoms. The predicted molar refractivity (Wildman–Crippen MR) is 114 cm³/mol. The highest BCUT2D eigenvalue weighted by Crippen LogP contribution is 2.32. The number of rotatable bonds is 6. The van der Waals surface area contributed by atoms with Crippen molar-refractivity contribution in [1.29, 1.82) is 0 Å². The molecule has 0 aliphatic carbocycles. The fraction of sp³-hybridized carbons (Fsp3) is 0.478. The molecule has 3 amide bonds. The molecule has 162 valence electrons. The van der Waals surface area contributed by atoms with E-state index in [1.807, 2.05) is 46.0 Å².